The number of aliphatic hydroxyl groups excluding tert-OH is 1. The molecule has 1 atom stereocenters. The van der Waals surface area contributed by atoms with Gasteiger partial charge in [-0.15, -0.1) is 0 Å². The fourth-order valence-electron chi connectivity index (χ4n) is 5.79. The fourth-order valence-corrected chi connectivity index (χ4v) is 6.03. The van der Waals surface area contributed by atoms with Crippen LogP contribution >= 0.6 is 11.6 Å². The van der Waals surface area contributed by atoms with Gasteiger partial charge in [-0.25, -0.2) is 8.78 Å². The second-order valence-electron chi connectivity index (χ2n) is 11.6. The minimum Gasteiger partial charge on any atom is -0.493 e. The van der Waals surface area contributed by atoms with E-state index in [-0.39, 0.29) is 30.6 Å². The zero-order chi connectivity index (χ0) is 33.3. The van der Waals surface area contributed by atoms with Crippen molar-refractivity contribution >= 4 is 11.6 Å². The maximum absolute atomic E-state index is 14.5. The normalized spacial score (nSPS) is 14.7. The Hall–Kier alpha value is -4.23. The van der Waals surface area contributed by atoms with Gasteiger partial charge in [0.15, 0.2) is 0 Å². The predicted molar refractivity (Wildman–Crippen MR) is 177 cm³/mol. The number of rotatable bonds is 14. The second kappa shape index (κ2) is 16.1. The second-order valence-corrected chi connectivity index (χ2v) is 12.0. The Labute approximate surface area is 279 Å². The third-order valence-electron chi connectivity index (χ3n) is 8.34. The van der Waals surface area contributed by atoms with Crippen molar-refractivity contribution in [2.75, 3.05) is 26.2 Å². The largest absolute Gasteiger partial charge is 0.493 e. The molecule has 1 aliphatic heterocycles. The van der Waals surface area contributed by atoms with Crippen molar-refractivity contribution in [1.29, 1.82) is 5.26 Å². The SMILES string of the molecule is CCc1cc(Cl)c(OCc2cccc(-c3cccc(OCCCN4CC[C@@H](O)C4)c3C(F)F)c2C)cc1OCc1cncc(C#N)c1. The van der Waals surface area contributed by atoms with Crippen LogP contribution in [0.25, 0.3) is 11.1 Å². The van der Waals surface area contributed by atoms with Gasteiger partial charge < -0.3 is 24.2 Å². The highest BCUT2D eigenvalue weighted by atomic mass is 35.5. The molecule has 0 saturated carbocycles. The standard InChI is InChI=1S/C37H38ClF2N3O4/c1-3-27-16-32(38)35(17-34(27)46-22-26-15-25(18-41)19-42-20-26)47-23-28-7-4-8-30(24(28)2)31-9-5-10-33(36(31)37(39)40)45-14-6-12-43-13-11-29(44)21-43/h4-5,7-10,15-17,19-20,29,37,44H,3,6,11-14,21-23H2,1-2H3/t29-/m1/s1. The van der Waals surface area contributed by atoms with Gasteiger partial charge in [-0.2, -0.15) is 5.26 Å². The summed E-state index contributed by atoms with van der Waals surface area (Å²) < 4.78 is 47.2. The molecule has 246 valence electrons. The number of hydrogen-bond acceptors (Lipinski definition) is 7. The minimum atomic E-state index is -2.73. The van der Waals surface area contributed by atoms with Crippen LogP contribution in [0.1, 0.15) is 59.6 Å². The number of alkyl halides is 2. The third kappa shape index (κ3) is 8.58. The number of β-amino-alcohol motifs (C(OH)–C–C–N with tert-alkyl or cyclic N) is 1. The van der Waals surface area contributed by atoms with Gasteiger partial charge in [0.2, 0.25) is 0 Å². The molecule has 0 spiro atoms. The lowest BCUT2D eigenvalue weighted by molar-refractivity contribution is 0.144. The molecular formula is C37H38ClF2N3O4. The molecule has 3 aromatic carbocycles. The Morgan fingerprint density at radius 3 is 2.53 bits per heavy atom. The van der Waals surface area contributed by atoms with Gasteiger partial charge in [-0.05, 0) is 72.2 Å². The van der Waals surface area contributed by atoms with Crippen molar-refractivity contribution in [1.82, 2.24) is 9.88 Å². The summed E-state index contributed by atoms with van der Waals surface area (Å²) in [7, 11) is 0. The van der Waals surface area contributed by atoms with E-state index in [2.05, 4.69) is 16.0 Å². The van der Waals surface area contributed by atoms with E-state index in [0.29, 0.717) is 59.2 Å². The molecule has 1 saturated heterocycles. The molecule has 10 heteroatoms. The summed E-state index contributed by atoms with van der Waals surface area (Å²) in [5.41, 5.74) is 4.69. The molecule has 0 aliphatic carbocycles. The maximum Gasteiger partial charge on any atom is 0.268 e. The predicted octanol–water partition coefficient (Wildman–Crippen LogP) is 8.08. The van der Waals surface area contributed by atoms with E-state index < -0.39 is 6.43 Å². The van der Waals surface area contributed by atoms with Crippen molar-refractivity contribution in [3.05, 3.63) is 105 Å². The Kier molecular flexibility index (Phi) is 11.6. The highest BCUT2D eigenvalue weighted by Crippen LogP contribution is 2.40. The first kappa shape index (κ1) is 34.1. The number of halogens is 3. The van der Waals surface area contributed by atoms with Gasteiger partial charge >= 0.3 is 0 Å². The molecule has 1 aromatic heterocycles. The number of benzene rings is 3. The van der Waals surface area contributed by atoms with Crippen LogP contribution in [0.4, 0.5) is 8.78 Å². The van der Waals surface area contributed by atoms with Crippen molar-refractivity contribution in [3.8, 4) is 34.4 Å². The Morgan fingerprint density at radius 1 is 1.00 bits per heavy atom. The molecule has 4 aromatic rings. The molecule has 1 aliphatic rings. The summed E-state index contributed by atoms with van der Waals surface area (Å²) in [4.78, 5) is 6.24. The van der Waals surface area contributed by atoms with Gasteiger partial charge in [0.05, 0.1) is 28.9 Å². The van der Waals surface area contributed by atoms with Crippen LogP contribution in [0.15, 0.2) is 67.0 Å². The smallest absolute Gasteiger partial charge is 0.268 e. The van der Waals surface area contributed by atoms with Crippen LogP contribution < -0.4 is 14.2 Å². The molecule has 0 unspecified atom stereocenters. The number of pyridine rings is 1. The van der Waals surface area contributed by atoms with E-state index in [0.717, 1.165) is 41.8 Å². The summed E-state index contributed by atoms with van der Waals surface area (Å²) in [5.74, 6) is 1.21. The van der Waals surface area contributed by atoms with Gasteiger partial charge in [0.1, 0.15) is 36.5 Å². The Balaban J connectivity index is 1.31. The Bertz CT molecular complexity index is 1730. The van der Waals surface area contributed by atoms with Crippen molar-refractivity contribution in [2.24, 2.45) is 0 Å². The van der Waals surface area contributed by atoms with Gasteiger partial charge in [0, 0.05) is 43.7 Å². The van der Waals surface area contributed by atoms with Crippen LogP contribution in [0, 0.1) is 18.3 Å². The number of hydrogen-bond donors (Lipinski definition) is 1. The van der Waals surface area contributed by atoms with E-state index >= 15 is 0 Å². The van der Waals surface area contributed by atoms with Crippen LogP contribution in [0.2, 0.25) is 5.02 Å². The molecule has 47 heavy (non-hydrogen) atoms. The maximum atomic E-state index is 14.5. The minimum absolute atomic E-state index is 0.138. The zero-order valence-electron chi connectivity index (χ0n) is 26.5. The third-order valence-corrected chi connectivity index (χ3v) is 8.64. The molecule has 0 amide bonds. The van der Waals surface area contributed by atoms with Crippen molar-refractivity contribution < 1.29 is 28.1 Å². The molecule has 2 heterocycles. The number of aromatic nitrogens is 1. The monoisotopic (exact) mass is 661 g/mol. The average Bonchev–Trinajstić information content (AvgIpc) is 3.50. The van der Waals surface area contributed by atoms with Crippen molar-refractivity contribution in [2.45, 2.75) is 58.9 Å². The number of likely N-dealkylation sites (tertiary alicyclic amines) is 1. The number of nitriles is 1. The topological polar surface area (TPSA) is 87.8 Å². The van der Waals surface area contributed by atoms with Crippen LogP contribution in [-0.2, 0) is 19.6 Å². The number of aryl methyl sites for hydroxylation is 1. The van der Waals surface area contributed by atoms with Crippen molar-refractivity contribution in [3.63, 3.8) is 0 Å². The molecule has 1 N–H and O–H groups in total. The highest BCUT2D eigenvalue weighted by molar-refractivity contribution is 6.32. The molecule has 7 nitrogen and oxygen atoms in total. The Morgan fingerprint density at radius 2 is 1.79 bits per heavy atom. The average molecular weight is 662 g/mol. The summed E-state index contributed by atoms with van der Waals surface area (Å²) in [6, 6.07) is 17.9. The van der Waals surface area contributed by atoms with E-state index in [4.69, 9.17) is 31.1 Å². The van der Waals surface area contributed by atoms with Crippen LogP contribution in [0.5, 0.6) is 17.2 Å². The summed E-state index contributed by atoms with van der Waals surface area (Å²) in [6.07, 6.45) is 2.23. The molecule has 0 radical (unpaired) electrons. The highest BCUT2D eigenvalue weighted by Gasteiger charge is 2.23. The van der Waals surface area contributed by atoms with Crippen LogP contribution in [0.3, 0.4) is 0 Å². The summed E-state index contributed by atoms with van der Waals surface area (Å²) in [5, 5.41) is 19.3. The molecule has 0 bridgehead atoms. The summed E-state index contributed by atoms with van der Waals surface area (Å²) in [6.45, 7) is 6.78. The van der Waals surface area contributed by atoms with Gasteiger partial charge in [-0.1, -0.05) is 48.9 Å². The molecule has 1 fully saturated rings. The van der Waals surface area contributed by atoms with E-state index in [1.165, 1.54) is 6.20 Å². The molecule has 5 rings (SSSR count). The molecular weight excluding hydrogens is 624 g/mol. The first-order chi connectivity index (χ1) is 22.8. The first-order valence-corrected chi connectivity index (χ1v) is 16.1. The van der Waals surface area contributed by atoms with E-state index in [1.807, 2.05) is 38.1 Å². The lowest BCUT2D eigenvalue weighted by Gasteiger charge is -2.19. The van der Waals surface area contributed by atoms with E-state index in [1.54, 1.807) is 36.5 Å². The first-order valence-electron chi connectivity index (χ1n) is 15.7. The van der Waals surface area contributed by atoms with Gasteiger partial charge in [0.25, 0.3) is 6.43 Å². The van der Waals surface area contributed by atoms with Crippen LogP contribution in [-0.4, -0.2) is 47.3 Å². The number of ether oxygens (including phenoxy) is 3. The summed E-state index contributed by atoms with van der Waals surface area (Å²) >= 11 is 6.60. The number of aliphatic hydroxyl groups is 1. The van der Waals surface area contributed by atoms with E-state index in [9.17, 15) is 13.9 Å². The quantitative estimate of drug-likeness (QED) is 0.137. The lowest BCUT2D eigenvalue weighted by Crippen LogP contribution is -2.24. The zero-order valence-corrected chi connectivity index (χ0v) is 27.3. The van der Waals surface area contributed by atoms with Gasteiger partial charge in [-0.3, -0.25) is 4.98 Å². The lowest BCUT2D eigenvalue weighted by atomic mass is 9.93. The fraction of sp³-hybridized carbons (Fsp3) is 0.351. The number of nitrogens with zero attached hydrogens (tertiary/aromatic N) is 3.